The number of hydrogen-bond donors (Lipinski definition) is 1. The Morgan fingerprint density at radius 3 is 2.17 bits per heavy atom. The van der Waals surface area contributed by atoms with Crippen LogP contribution in [0.4, 0.5) is 4.79 Å². The highest BCUT2D eigenvalue weighted by Crippen LogP contribution is 2.44. The average molecular weight is 573 g/mol. The molecule has 7 nitrogen and oxygen atoms in total. The second-order valence-electron chi connectivity index (χ2n) is 10.0. The van der Waals surface area contributed by atoms with E-state index in [1.807, 2.05) is 50.2 Å². The highest BCUT2D eigenvalue weighted by atomic mass is 32.1. The molecule has 1 aliphatic carbocycles. The Labute approximate surface area is 245 Å². The number of benzene rings is 3. The minimum atomic E-state index is -0.806. The highest BCUT2D eigenvalue weighted by molar-refractivity contribution is 7.17. The highest BCUT2D eigenvalue weighted by Gasteiger charge is 2.30. The van der Waals surface area contributed by atoms with Crippen molar-refractivity contribution >= 4 is 33.4 Å². The minimum absolute atomic E-state index is 0.0549. The Bertz CT molecular complexity index is 1450. The summed E-state index contributed by atoms with van der Waals surface area (Å²) in [5.41, 5.74) is 5.64. The van der Waals surface area contributed by atoms with Crippen LogP contribution in [0.2, 0.25) is 0 Å². The molecule has 5 rings (SSSR count). The molecule has 3 aromatic carbocycles. The van der Waals surface area contributed by atoms with E-state index in [1.54, 1.807) is 23.2 Å². The number of ether oxygens (including phenoxy) is 3. The van der Waals surface area contributed by atoms with E-state index in [0.29, 0.717) is 19.8 Å². The third-order valence-corrected chi connectivity index (χ3v) is 8.37. The van der Waals surface area contributed by atoms with Crippen LogP contribution in [0.25, 0.3) is 21.2 Å². The molecule has 1 aliphatic rings. The number of hydrogen-bond acceptors (Lipinski definition) is 6. The lowest BCUT2D eigenvalue weighted by Crippen LogP contribution is -2.49. The van der Waals surface area contributed by atoms with Crippen LogP contribution < -0.4 is 5.32 Å². The van der Waals surface area contributed by atoms with E-state index in [2.05, 4.69) is 47.1 Å². The van der Waals surface area contributed by atoms with Gasteiger partial charge in [-0.05, 0) is 65.4 Å². The van der Waals surface area contributed by atoms with Crippen molar-refractivity contribution in [3.63, 3.8) is 0 Å². The monoisotopic (exact) mass is 572 g/mol. The number of fused-ring (bicyclic) bond motifs is 4. The second-order valence-corrected chi connectivity index (χ2v) is 10.9. The summed E-state index contributed by atoms with van der Waals surface area (Å²) in [7, 11) is 0. The van der Waals surface area contributed by atoms with Crippen LogP contribution in [0.1, 0.15) is 43.4 Å². The fourth-order valence-electron chi connectivity index (χ4n) is 5.45. The first-order chi connectivity index (χ1) is 20.0. The van der Waals surface area contributed by atoms with Crippen molar-refractivity contribution in [2.75, 3.05) is 26.4 Å². The van der Waals surface area contributed by atoms with Crippen LogP contribution in [0.5, 0.6) is 0 Å². The quantitative estimate of drug-likeness (QED) is 0.195. The maximum atomic E-state index is 13.7. The van der Waals surface area contributed by atoms with E-state index in [-0.39, 0.29) is 25.0 Å². The number of thiophene rings is 1. The van der Waals surface area contributed by atoms with Gasteiger partial charge >= 0.3 is 6.09 Å². The Morgan fingerprint density at radius 1 is 0.902 bits per heavy atom. The van der Waals surface area contributed by atoms with Crippen LogP contribution >= 0.6 is 11.3 Å². The zero-order valence-electron chi connectivity index (χ0n) is 23.7. The molecule has 0 bridgehead atoms. The van der Waals surface area contributed by atoms with Crippen molar-refractivity contribution in [2.45, 2.75) is 45.6 Å². The molecule has 214 valence electrons. The van der Waals surface area contributed by atoms with Gasteiger partial charge in [-0.1, -0.05) is 66.7 Å². The molecule has 1 heterocycles. The fraction of sp³-hybridized carbons (Fsp3) is 0.333. The van der Waals surface area contributed by atoms with Gasteiger partial charge in [-0.15, -0.1) is 11.3 Å². The fourth-order valence-corrected chi connectivity index (χ4v) is 6.40. The largest absolute Gasteiger partial charge is 0.449 e. The van der Waals surface area contributed by atoms with Crippen LogP contribution in [-0.4, -0.2) is 55.6 Å². The smallest absolute Gasteiger partial charge is 0.407 e. The zero-order chi connectivity index (χ0) is 28.8. The first kappa shape index (κ1) is 28.8. The molecule has 0 fully saturated rings. The number of rotatable bonds is 12. The maximum absolute atomic E-state index is 13.7. The Balaban J connectivity index is 1.26. The van der Waals surface area contributed by atoms with Crippen molar-refractivity contribution in [3.05, 3.63) is 94.9 Å². The molecule has 0 saturated carbocycles. The van der Waals surface area contributed by atoms with Gasteiger partial charge in [0.2, 0.25) is 5.91 Å². The van der Waals surface area contributed by atoms with E-state index in [1.165, 1.54) is 0 Å². The molecule has 1 aromatic heterocycles. The minimum Gasteiger partial charge on any atom is -0.449 e. The van der Waals surface area contributed by atoms with Crippen molar-refractivity contribution in [1.82, 2.24) is 10.2 Å². The van der Waals surface area contributed by atoms with Gasteiger partial charge in [0.25, 0.3) is 0 Å². The Kier molecular flexibility index (Phi) is 9.34. The number of carbonyl (C=O) groups excluding carboxylic acids is 2. The number of carbonyl (C=O) groups is 2. The van der Waals surface area contributed by atoms with Crippen LogP contribution in [0.15, 0.2) is 78.2 Å². The summed E-state index contributed by atoms with van der Waals surface area (Å²) in [6.07, 6.45) is -1.19. The normalized spacial score (nSPS) is 13.2. The molecule has 1 atom stereocenters. The van der Waals surface area contributed by atoms with Crippen molar-refractivity contribution in [2.24, 2.45) is 0 Å². The lowest BCUT2D eigenvalue weighted by Gasteiger charge is -2.29. The second kappa shape index (κ2) is 13.3. The Hall–Kier alpha value is -3.72. The lowest BCUT2D eigenvalue weighted by atomic mass is 9.98. The van der Waals surface area contributed by atoms with E-state index in [0.717, 1.165) is 37.9 Å². The molecular formula is C33H36N2O5S. The number of nitrogens with one attached hydrogen (secondary N) is 1. The van der Waals surface area contributed by atoms with E-state index in [4.69, 9.17) is 14.2 Å². The van der Waals surface area contributed by atoms with Gasteiger partial charge in [-0.25, -0.2) is 4.79 Å². The summed E-state index contributed by atoms with van der Waals surface area (Å²) in [5.74, 6) is -0.293. The van der Waals surface area contributed by atoms with Crippen LogP contribution in [0, 0.1) is 0 Å². The topological polar surface area (TPSA) is 77.1 Å². The van der Waals surface area contributed by atoms with Gasteiger partial charge in [0.1, 0.15) is 12.6 Å². The SMILES string of the molecule is CCOC(CN(Cc1csc2ccccc12)C(=O)C(C)NC(=O)OCC1c2ccccc2-c2ccccc21)OCC. The van der Waals surface area contributed by atoms with E-state index >= 15 is 0 Å². The first-order valence-electron chi connectivity index (χ1n) is 14.1. The predicted molar refractivity (Wildman–Crippen MR) is 162 cm³/mol. The molecule has 0 aliphatic heterocycles. The standard InChI is InChI=1S/C33H36N2O5S/c1-4-38-31(39-5-2)19-35(18-23-21-41-30-17-11-10-12-24(23)30)32(36)22(3)34-33(37)40-20-29-27-15-8-6-13-25(27)26-14-7-9-16-28(26)29/h6-17,21-22,29,31H,4-5,18-20H2,1-3H3,(H,34,37). The van der Waals surface area contributed by atoms with Crippen LogP contribution in [0.3, 0.4) is 0 Å². The molecule has 8 heteroatoms. The number of nitrogens with zero attached hydrogens (tertiary/aromatic N) is 1. The number of amides is 2. The van der Waals surface area contributed by atoms with Crippen molar-refractivity contribution in [1.29, 1.82) is 0 Å². The summed E-state index contributed by atoms with van der Waals surface area (Å²) in [6.45, 7) is 7.18. The average Bonchev–Trinajstić information content (AvgIpc) is 3.54. The van der Waals surface area contributed by atoms with Gasteiger partial charge in [0.05, 0.1) is 6.54 Å². The zero-order valence-corrected chi connectivity index (χ0v) is 24.5. The summed E-state index contributed by atoms with van der Waals surface area (Å²) in [5, 5.41) is 5.94. The summed E-state index contributed by atoms with van der Waals surface area (Å²) >= 11 is 1.64. The summed E-state index contributed by atoms with van der Waals surface area (Å²) < 4.78 is 18.4. The van der Waals surface area contributed by atoms with E-state index in [9.17, 15) is 9.59 Å². The van der Waals surface area contributed by atoms with Crippen molar-refractivity contribution in [3.8, 4) is 11.1 Å². The third kappa shape index (κ3) is 6.45. The van der Waals surface area contributed by atoms with Gasteiger partial charge in [0.15, 0.2) is 6.29 Å². The molecule has 0 spiro atoms. The molecular weight excluding hydrogens is 536 g/mol. The molecule has 1 unspecified atom stereocenters. The maximum Gasteiger partial charge on any atom is 0.407 e. The molecule has 2 amide bonds. The molecule has 4 aromatic rings. The molecule has 0 radical (unpaired) electrons. The van der Waals surface area contributed by atoms with Gasteiger partial charge < -0.3 is 24.4 Å². The summed E-state index contributed by atoms with van der Waals surface area (Å²) in [4.78, 5) is 28.3. The predicted octanol–water partition coefficient (Wildman–Crippen LogP) is 6.56. The Morgan fingerprint density at radius 2 is 1.51 bits per heavy atom. The first-order valence-corrected chi connectivity index (χ1v) is 15.0. The van der Waals surface area contributed by atoms with Crippen LogP contribution in [-0.2, 0) is 25.5 Å². The van der Waals surface area contributed by atoms with Gasteiger partial charge in [0, 0.05) is 30.4 Å². The molecule has 1 N–H and O–H groups in total. The van der Waals surface area contributed by atoms with E-state index < -0.39 is 18.4 Å². The van der Waals surface area contributed by atoms with Crippen molar-refractivity contribution < 1.29 is 23.8 Å². The molecule has 0 saturated heterocycles. The summed E-state index contributed by atoms with van der Waals surface area (Å²) in [6, 6.07) is 23.7. The number of alkyl carbamates (subject to hydrolysis) is 1. The lowest BCUT2D eigenvalue weighted by molar-refractivity contribution is -0.160. The third-order valence-electron chi connectivity index (χ3n) is 7.36. The molecule has 41 heavy (non-hydrogen) atoms. The van der Waals surface area contributed by atoms with Gasteiger partial charge in [-0.3, -0.25) is 4.79 Å². The van der Waals surface area contributed by atoms with Gasteiger partial charge in [-0.2, -0.15) is 0 Å².